The molecule has 2 nitrogen and oxygen atoms in total. The summed E-state index contributed by atoms with van der Waals surface area (Å²) >= 11 is 5.68. The van der Waals surface area contributed by atoms with Gasteiger partial charge >= 0.3 is 0 Å². The topological polar surface area (TPSA) is 32.3 Å². The van der Waals surface area contributed by atoms with Gasteiger partial charge in [0, 0.05) is 12.6 Å². The van der Waals surface area contributed by atoms with E-state index in [9.17, 15) is 9.50 Å². The zero-order chi connectivity index (χ0) is 12.3. The first kappa shape index (κ1) is 13.4. The van der Waals surface area contributed by atoms with E-state index in [0.29, 0.717) is 12.1 Å². The van der Waals surface area contributed by atoms with E-state index in [4.69, 9.17) is 11.6 Å². The maximum Gasteiger partial charge on any atom is 0.141 e. The highest BCUT2D eigenvalue weighted by Crippen LogP contribution is 2.24. The normalized spacial score (nSPS) is 15.2. The summed E-state index contributed by atoms with van der Waals surface area (Å²) in [6.45, 7) is 6.06. The third-order valence-corrected chi connectivity index (χ3v) is 2.69. The fourth-order valence-electron chi connectivity index (χ4n) is 1.34. The average molecular weight is 246 g/mol. The molecule has 16 heavy (non-hydrogen) atoms. The van der Waals surface area contributed by atoms with Gasteiger partial charge in [-0.1, -0.05) is 31.5 Å². The summed E-state index contributed by atoms with van der Waals surface area (Å²) in [6, 6.07) is 4.55. The van der Waals surface area contributed by atoms with Crippen molar-refractivity contribution in [2.75, 3.05) is 6.54 Å². The van der Waals surface area contributed by atoms with Crippen LogP contribution in [0.25, 0.3) is 0 Å². The Hall–Kier alpha value is -0.640. The summed E-state index contributed by atoms with van der Waals surface area (Å²) in [4.78, 5) is 0. The number of halogens is 2. The SMILES string of the molecule is CC(C)NCC(C)(O)c1ccc(F)c(Cl)c1. The molecule has 1 aromatic carbocycles. The standard InChI is InChI=1S/C12H17ClFNO/c1-8(2)15-7-12(3,16)9-4-5-11(14)10(13)6-9/h4-6,8,15-16H,7H2,1-3H3. The first-order valence-corrected chi connectivity index (χ1v) is 5.62. The molecular formula is C12H17ClFNO. The molecule has 0 saturated carbocycles. The molecule has 0 aliphatic carbocycles. The Bertz CT molecular complexity index is 366. The van der Waals surface area contributed by atoms with Gasteiger partial charge < -0.3 is 10.4 Å². The summed E-state index contributed by atoms with van der Waals surface area (Å²) in [7, 11) is 0. The number of aliphatic hydroxyl groups is 1. The molecule has 1 unspecified atom stereocenters. The lowest BCUT2D eigenvalue weighted by molar-refractivity contribution is 0.0549. The van der Waals surface area contributed by atoms with Crippen molar-refractivity contribution in [3.63, 3.8) is 0 Å². The molecule has 0 fully saturated rings. The lowest BCUT2D eigenvalue weighted by atomic mass is 9.96. The third kappa shape index (κ3) is 3.44. The summed E-state index contributed by atoms with van der Waals surface area (Å²) in [6.07, 6.45) is 0. The van der Waals surface area contributed by atoms with Gasteiger partial charge in [0.05, 0.1) is 10.6 Å². The lowest BCUT2D eigenvalue weighted by Gasteiger charge is -2.25. The molecule has 90 valence electrons. The van der Waals surface area contributed by atoms with Crippen molar-refractivity contribution in [2.45, 2.75) is 32.4 Å². The van der Waals surface area contributed by atoms with E-state index < -0.39 is 11.4 Å². The molecule has 0 spiro atoms. The summed E-state index contributed by atoms with van der Waals surface area (Å²) in [5.74, 6) is -0.474. The Kier molecular flexibility index (Phi) is 4.30. The largest absolute Gasteiger partial charge is 0.384 e. The summed E-state index contributed by atoms with van der Waals surface area (Å²) in [5.41, 5.74) is -0.450. The molecule has 0 heterocycles. The van der Waals surface area contributed by atoms with Crippen molar-refractivity contribution in [1.82, 2.24) is 5.32 Å². The van der Waals surface area contributed by atoms with Crippen molar-refractivity contribution in [2.24, 2.45) is 0 Å². The van der Waals surface area contributed by atoms with E-state index in [1.54, 1.807) is 13.0 Å². The van der Waals surface area contributed by atoms with Crippen LogP contribution in [-0.2, 0) is 5.60 Å². The second-order valence-corrected chi connectivity index (χ2v) is 4.85. The zero-order valence-electron chi connectivity index (χ0n) is 9.72. The molecule has 0 radical (unpaired) electrons. The molecule has 1 aromatic rings. The maximum atomic E-state index is 13.0. The highest BCUT2D eigenvalue weighted by Gasteiger charge is 2.23. The van der Waals surface area contributed by atoms with Gasteiger partial charge in [0.2, 0.25) is 0 Å². The van der Waals surface area contributed by atoms with Crippen LogP contribution in [-0.4, -0.2) is 17.7 Å². The fourth-order valence-corrected chi connectivity index (χ4v) is 1.52. The minimum atomic E-state index is -1.05. The van der Waals surface area contributed by atoms with Crippen molar-refractivity contribution < 1.29 is 9.50 Å². The average Bonchev–Trinajstić information content (AvgIpc) is 2.19. The van der Waals surface area contributed by atoms with Gasteiger partial charge in [0.15, 0.2) is 0 Å². The van der Waals surface area contributed by atoms with Gasteiger partial charge in [0.25, 0.3) is 0 Å². The van der Waals surface area contributed by atoms with Crippen LogP contribution in [0.3, 0.4) is 0 Å². The molecule has 0 bridgehead atoms. The highest BCUT2D eigenvalue weighted by molar-refractivity contribution is 6.30. The predicted molar refractivity (Wildman–Crippen MR) is 64.1 cm³/mol. The van der Waals surface area contributed by atoms with Crippen LogP contribution in [0.5, 0.6) is 0 Å². The second-order valence-electron chi connectivity index (χ2n) is 4.44. The second kappa shape index (κ2) is 5.13. The number of hydrogen-bond donors (Lipinski definition) is 2. The van der Waals surface area contributed by atoms with Gasteiger partial charge in [0.1, 0.15) is 5.82 Å². The van der Waals surface area contributed by atoms with Crippen molar-refractivity contribution in [1.29, 1.82) is 0 Å². The Morgan fingerprint density at radius 1 is 1.50 bits per heavy atom. The van der Waals surface area contributed by atoms with Gasteiger partial charge in [-0.25, -0.2) is 4.39 Å². The van der Waals surface area contributed by atoms with Crippen LogP contribution in [0.2, 0.25) is 5.02 Å². The van der Waals surface area contributed by atoms with Crippen molar-refractivity contribution >= 4 is 11.6 Å². The maximum absolute atomic E-state index is 13.0. The molecule has 0 aromatic heterocycles. The number of hydrogen-bond acceptors (Lipinski definition) is 2. The van der Waals surface area contributed by atoms with Crippen LogP contribution >= 0.6 is 11.6 Å². The predicted octanol–water partition coefficient (Wildman–Crippen LogP) is 2.68. The van der Waals surface area contributed by atoms with E-state index in [1.165, 1.54) is 12.1 Å². The molecule has 0 saturated heterocycles. The first-order chi connectivity index (χ1) is 7.33. The molecule has 1 atom stereocenters. The van der Waals surface area contributed by atoms with Crippen LogP contribution in [0, 0.1) is 5.82 Å². The Morgan fingerprint density at radius 3 is 2.62 bits per heavy atom. The Labute approximate surface area is 100 Å². The van der Waals surface area contributed by atoms with Crippen LogP contribution < -0.4 is 5.32 Å². The third-order valence-electron chi connectivity index (χ3n) is 2.40. The molecular weight excluding hydrogens is 229 g/mol. The van der Waals surface area contributed by atoms with Crippen LogP contribution in [0.1, 0.15) is 26.3 Å². The monoisotopic (exact) mass is 245 g/mol. The quantitative estimate of drug-likeness (QED) is 0.855. The van der Waals surface area contributed by atoms with Gasteiger partial charge in [-0.2, -0.15) is 0 Å². The van der Waals surface area contributed by atoms with Crippen molar-refractivity contribution in [3.05, 3.63) is 34.6 Å². The first-order valence-electron chi connectivity index (χ1n) is 5.24. The molecule has 2 N–H and O–H groups in total. The van der Waals surface area contributed by atoms with E-state index in [-0.39, 0.29) is 11.1 Å². The molecule has 4 heteroatoms. The van der Waals surface area contributed by atoms with Crippen LogP contribution in [0.4, 0.5) is 4.39 Å². The Morgan fingerprint density at radius 2 is 2.12 bits per heavy atom. The Balaban J connectivity index is 2.84. The fraction of sp³-hybridized carbons (Fsp3) is 0.500. The minimum absolute atomic E-state index is 0.0299. The highest BCUT2D eigenvalue weighted by atomic mass is 35.5. The minimum Gasteiger partial charge on any atom is -0.384 e. The zero-order valence-corrected chi connectivity index (χ0v) is 10.5. The number of rotatable bonds is 4. The molecule has 0 aliphatic heterocycles. The molecule has 0 amide bonds. The van der Waals surface area contributed by atoms with Gasteiger partial charge in [-0.05, 0) is 24.6 Å². The van der Waals surface area contributed by atoms with E-state index in [0.717, 1.165) is 0 Å². The lowest BCUT2D eigenvalue weighted by Crippen LogP contribution is -2.38. The molecule has 1 rings (SSSR count). The van der Waals surface area contributed by atoms with E-state index in [1.807, 2.05) is 13.8 Å². The van der Waals surface area contributed by atoms with E-state index >= 15 is 0 Å². The molecule has 0 aliphatic rings. The van der Waals surface area contributed by atoms with Crippen molar-refractivity contribution in [3.8, 4) is 0 Å². The number of nitrogens with one attached hydrogen (secondary N) is 1. The smallest absolute Gasteiger partial charge is 0.141 e. The van der Waals surface area contributed by atoms with E-state index in [2.05, 4.69) is 5.32 Å². The van der Waals surface area contributed by atoms with Gasteiger partial charge in [-0.3, -0.25) is 0 Å². The summed E-state index contributed by atoms with van der Waals surface area (Å²) < 4.78 is 13.0. The number of benzene rings is 1. The van der Waals surface area contributed by atoms with Crippen LogP contribution in [0.15, 0.2) is 18.2 Å². The summed E-state index contributed by atoms with van der Waals surface area (Å²) in [5, 5.41) is 13.4. The van der Waals surface area contributed by atoms with Gasteiger partial charge in [-0.15, -0.1) is 0 Å².